The van der Waals surface area contributed by atoms with Gasteiger partial charge < -0.3 is 5.43 Å². The first-order valence-electron chi connectivity index (χ1n) is 5.12. The van der Waals surface area contributed by atoms with Crippen LogP contribution in [0.2, 0.25) is 0 Å². The Morgan fingerprint density at radius 3 is 2.94 bits per heavy atom. The van der Waals surface area contributed by atoms with E-state index in [1.165, 1.54) is 4.88 Å². The molecule has 1 unspecified atom stereocenters. The molecular formula is C12H11N3S. The Balaban J connectivity index is 1.87. The minimum atomic E-state index is 0.247. The molecule has 0 aliphatic carbocycles. The zero-order chi connectivity index (χ0) is 10.8. The second-order valence-electron chi connectivity index (χ2n) is 3.56. The van der Waals surface area contributed by atoms with Gasteiger partial charge in [0.1, 0.15) is 0 Å². The topological polar surface area (TPSA) is 37.0 Å². The van der Waals surface area contributed by atoms with Crippen LogP contribution in [0.5, 0.6) is 0 Å². The van der Waals surface area contributed by atoms with E-state index in [0.29, 0.717) is 0 Å². The van der Waals surface area contributed by atoms with Gasteiger partial charge in [-0.3, -0.25) is 4.98 Å². The molecule has 16 heavy (non-hydrogen) atoms. The Labute approximate surface area is 97.8 Å². The third-order valence-electron chi connectivity index (χ3n) is 2.49. The van der Waals surface area contributed by atoms with Crippen LogP contribution in [-0.4, -0.2) is 4.98 Å². The number of hydrogen-bond donors (Lipinski definition) is 2. The summed E-state index contributed by atoms with van der Waals surface area (Å²) in [5.41, 5.74) is 8.41. The molecule has 0 radical (unpaired) electrons. The van der Waals surface area contributed by atoms with Crippen LogP contribution in [-0.2, 0) is 0 Å². The first-order valence-corrected chi connectivity index (χ1v) is 5.99. The molecule has 2 aromatic rings. The largest absolute Gasteiger partial charge is 0.319 e. The molecule has 4 heteroatoms. The van der Waals surface area contributed by atoms with Gasteiger partial charge >= 0.3 is 0 Å². The molecule has 2 aromatic heterocycles. The molecule has 80 valence electrons. The zero-order valence-electron chi connectivity index (χ0n) is 8.55. The highest BCUT2D eigenvalue weighted by molar-refractivity contribution is 7.10. The normalized spacial score (nSPS) is 19.2. The zero-order valence-corrected chi connectivity index (χ0v) is 9.37. The highest BCUT2D eigenvalue weighted by atomic mass is 32.1. The SMILES string of the molecule is C1=C(c2ccccn2)NNC1c1cccs1. The number of hydrazine groups is 1. The first-order chi connectivity index (χ1) is 7.93. The van der Waals surface area contributed by atoms with Gasteiger partial charge in [-0.05, 0) is 29.7 Å². The summed E-state index contributed by atoms with van der Waals surface area (Å²) in [4.78, 5) is 5.61. The summed E-state index contributed by atoms with van der Waals surface area (Å²) in [5, 5.41) is 2.09. The summed E-state index contributed by atoms with van der Waals surface area (Å²) in [5.74, 6) is 0. The van der Waals surface area contributed by atoms with E-state index in [0.717, 1.165) is 11.4 Å². The standard InChI is InChI=1S/C12H11N3S/c1-2-6-13-9(4-1)10-8-11(15-14-10)12-5-3-7-16-12/h1-8,11,14-15H. The summed E-state index contributed by atoms with van der Waals surface area (Å²) < 4.78 is 0. The van der Waals surface area contributed by atoms with Crippen LogP contribution in [0.4, 0.5) is 0 Å². The van der Waals surface area contributed by atoms with Crippen LogP contribution in [0.25, 0.3) is 5.70 Å². The number of pyridine rings is 1. The van der Waals surface area contributed by atoms with Crippen LogP contribution < -0.4 is 10.9 Å². The summed E-state index contributed by atoms with van der Waals surface area (Å²) in [6.45, 7) is 0. The molecule has 0 saturated heterocycles. The van der Waals surface area contributed by atoms with Crippen molar-refractivity contribution in [2.45, 2.75) is 6.04 Å². The van der Waals surface area contributed by atoms with Crippen molar-refractivity contribution in [3.8, 4) is 0 Å². The second-order valence-corrected chi connectivity index (χ2v) is 4.54. The van der Waals surface area contributed by atoms with Crippen molar-refractivity contribution in [2.24, 2.45) is 0 Å². The molecule has 0 bridgehead atoms. The Kier molecular flexibility index (Phi) is 2.44. The number of nitrogens with zero attached hydrogens (tertiary/aromatic N) is 1. The molecule has 2 N–H and O–H groups in total. The molecule has 1 atom stereocenters. The van der Waals surface area contributed by atoms with Crippen molar-refractivity contribution in [3.05, 3.63) is 58.6 Å². The van der Waals surface area contributed by atoms with Gasteiger partial charge in [0.25, 0.3) is 0 Å². The van der Waals surface area contributed by atoms with Crippen molar-refractivity contribution in [2.75, 3.05) is 0 Å². The lowest BCUT2D eigenvalue weighted by Crippen LogP contribution is -2.26. The maximum atomic E-state index is 4.31. The van der Waals surface area contributed by atoms with Gasteiger partial charge in [-0.2, -0.15) is 0 Å². The van der Waals surface area contributed by atoms with Gasteiger partial charge in [-0.1, -0.05) is 12.1 Å². The van der Waals surface area contributed by atoms with Crippen molar-refractivity contribution < 1.29 is 0 Å². The van der Waals surface area contributed by atoms with E-state index >= 15 is 0 Å². The predicted octanol–water partition coefficient (Wildman–Crippen LogP) is 2.33. The molecule has 0 amide bonds. The maximum Gasteiger partial charge on any atom is 0.0871 e. The van der Waals surface area contributed by atoms with Crippen molar-refractivity contribution >= 4 is 17.0 Å². The number of nitrogens with one attached hydrogen (secondary N) is 2. The summed E-state index contributed by atoms with van der Waals surface area (Å²) in [6, 6.07) is 10.3. The highest BCUT2D eigenvalue weighted by Crippen LogP contribution is 2.25. The Morgan fingerprint density at radius 2 is 2.19 bits per heavy atom. The van der Waals surface area contributed by atoms with Crippen molar-refractivity contribution in [1.82, 2.24) is 15.8 Å². The molecular weight excluding hydrogens is 218 g/mol. The first kappa shape index (κ1) is 9.57. The molecule has 1 aliphatic rings. The Hall–Kier alpha value is -1.65. The van der Waals surface area contributed by atoms with Gasteiger partial charge in [0, 0.05) is 11.1 Å². The van der Waals surface area contributed by atoms with Crippen LogP contribution in [0.3, 0.4) is 0 Å². The average Bonchev–Trinajstić information content (AvgIpc) is 3.01. The third kappa shape index (κ3) is 1.73. The maximum absolute atomic E-state index is 4.31. The molecule has 0 aromatic carbocycles. The fraction of sp³-hybridized carbons (Fsp3) is 0.0833. The molecule has 3 heterocycles. The van der Waals surface area contributed by atoms with Gasteiger partial charge in [-0.15, -0.1) is 11.3 Å². The number of rotatable bonds is 2. The molecule has 1 aliphatic heterocycles. The van der Waals surface area contributed by atoms with Gasteiger partial charge in [0.05, 0.1) is 17.4 Å². The predicted molar refractivity (Wildman–Crippen MR) is 65.5 cm³/mol. The number of aromatic nitrogens is 1. The van der Waals surface area contributed by atoms with Crippen molar-refractivity contribution in [1.29, 1.82) is 0 Å². The van der Waals surface area contributed by atoms with E-state index in [9.17, 15) is 0 Å². The van der Waals surface area contributed by atoms with Crippen molar-refractivity contribution in [3.63, 3.8) is 0 Å². The van der Waals surface area contributed by atoms with E-state index < -0.39 is 0 Å². The van der Waals surface area contributed by atoms with Gasteiger partial charge in [0.2, 0.25) is 0 Å². The minimum absolute atomic E-state index is 0.247. The highest BCUT2D eigenvalue weighted by Gasteiger charge is 2.18. The lowest BCUT2D eigenvalue weighted by atomic mass is 10.2. The smallest absolute Gasteiger partial charge is 0.0871 e. The number of hydrogen-bond acceptors (Lipinski definition) is 4. The Bertz CT molecular complexity index is 490. The van der Waals surface area contributed by atoms with E-state index in [1.54, 1.807) is 17.5 Å². The third-order valence-corrected chi connectivity index (χ3v) is 3.44. The van der Waals surface area contributed by atoms with Crippen LogP contribution in [0, 0.1) is 0 Å². The summed E-state index contributed by atoms with van der Waals surface area (Å²) in [6.07, 6.45) is 3.96. The molecule has 3 rings (SSSR count). The fourth-order valence-electron chi connectivity index (χ4n) is 1.70. The van der Waals surface area contributed by atoms with Crippen LogP contribution in [0.1, 0.15) is 16.6 Å². The quantitative estimate of drug-likeness (QED) is 0.830. The Morgan fingerprint density at radius 1 is 1.19 bits per heavy atom. The van der Waals surface area contributed by atoms with E-state index in [1.807, 2.05) is 18.2 Å². The van der Waals surface area contributed by atoms with Crippen LogP contribution in [0.15, 0.2) is 48.0 Å². The second kappa shape index (κ2) is 4.08. The molecule has 0 spiro atoms. The fourth-order valence-corrected chi connectivity index (χ4v) is 2.44. The van der Waals surface area contributed by atoms with E-state index in [2.05, 4.69) is 39.4 Å². The molecule has 0 fully saturated rings. The lowest BCUT2D eigenvalue weighted by Gasteiger charge is -2.05. The van der Waals surface area contributed by atoms with Gasteiger partial charge in [-0.25, -0.2) is 5.43 Å². The molecule has 3 nitrogen and oxygen atoms in total. The van der Waals surface area contributed by atoms with Crippen LogP contribution >= 0.6 is 11.3 Å². The summed E-state index contributed by atoms with van der Waals surface area (Å²) >= 11 is 1.75. The molecule has 0 saturated carbocycles. The van der Waals surface area contributed by atoms with E-state index in [4.69, 9.17) is 0 Å². The summed E-state index contributed by atoms with van der Waals surface area (Å²) in [7, 11) is 0. The minimum Gasteiger partial charge on any atom is -0.319 e. The average molecular weight is 229 g/mol. The number of thiophene rings is 1. The van der Waals surface area contributed by atoms with E-state index in [-0.39, 0.29) is 6.04 Å². The lowest BCUT2D eigenvalue weighted by molar-refractivity contribution is 0.623. The monoisotopic (exact) mass is 229 g/mol. The van der Waals surface area contributed by atoms with Gasteiger partial charge in [0.15, 0.2) is 0 Å².